The fourth-order valence-corrected chi connectivity index (χ4v) is 2.14. The molecule has 0 N–H and O–H groups in total. The van der Waals surface area contributed by atoms with Crippen LogP contribution in [-0.2, 0) is 16.0 Å². The molecule has 18 heavy (non-hydrogen) atoms. The summed E-state index contributed by atoms with van der Waals surface area (Å²) in [5.74, 6) is -0.546. The Labute approximate surface area is 105 Å². The fraction of sp³-hybridized carbons (Fsp3) is 0.357. The molecule has 0 atom stereocenters. The van der Waals surface area contributed by atoms with Crippen molar-refractivity contribution < 1.29 is 18.7 Å². The van der Waals surface area contributed by atoms with Crippen molar-refractivity contribution in [2.75, 3.05) is 13.7 Å². The molecule has 0 aromatic heterocycles. The number of allylic oxidation sites excluding steroid dienone is 1. The van der Waals surface area contributed by atoms with Gasteiger partial charge in [0.1, 0.15) is 0 Å². The molecule has 0 saturated heterocycles. The van der Waals surface area contributed by atoms with E-state index in [1.54, 1.807) is 13.0 Å². The molecule has 0 aliphatic heterocycles. The molecule has 1 aliphatic carbocycles. The molecule has 2 rings (SSSR count). The van der Waals surface area contributed by atoms with Crippen LogP contribution in [0.3, 0.4) is 0 Å². The lowest BCUT2D eigenvalue weighted by molar-refractivity contribution is -0.137. The van der Waals surface area contributed by atoms with Crippen LogP contribution in [0.5, 0.6) is 5.75 Å². The molecule has 3 nitrogen and oxygen atoms in total. The number of methoxy groups -OCH3 is 1. The highest BCUT2D eigenvalue weighted by atomic mass is 19.1. The molecule has 1 aromatic rings. The van der Waals surface area contributed by atoms with Gasteiger partial charge in [0.2, 0.25) is 0 Å². The summed E-state index contributed by atoms with van der Waals surface area (Å²) in [6, 6.07) is 3.11. The maximum Gasteiger partial charge on any atom is 0.331 e. The van der Waals surface area contributed by atoms with Gasteiger partial charge in [0.25, 0.3) is 0 Å². The average molecular weight is 250 g/mol. The van der Waals surface area contributed by atoms with Gasteiger partial charge in [-0.3, -0.25) is 0 Å². The summed E-state index contributed by atoms with van der Waals surface area (Å²) < 4.78 is 23.4. The summed E-state index contributed by atoms with van der Waals surface area (Å²) in [6.45, 7) is 2.09. The monoisotopic (exact) mass is 250 g/mol. The Morgan fingerprint density at radius 1 is 1.44 bits per heavy atom. The van der Waals surface area contributed by atoms with E-state index in [1.165, 1.54) is 19.3 Å². The number of halogens is 1. The second-order valence-corrected chi connectivity index (χ2v) is 4.07. The standard InChI is InChI=1S/C14H15FO3/c1-3-18-14(16)7-10-5-4-9-6-13(17-2)12(15)8-11(9)10/h6-8H,3-5H2,1-2H3/b10-7-. The molecule has 0 saturated carbocycles. The number of fused-ring (bicyclic) bond motifs is 1. The Kier molecular flexibility index (Phi) is 3.65. The third-order valence-electron chi connectivity index (χ3n) is 2.97. The third-order valence-corrected chi connectivity index (χ3v) is 2.97. The Bertz CT molecular complexity index is 506. The predicted molar refractivity (Wildman–Crippen MR) is 65.9 cm³/mol. The van der Waals surface area contributed by atoms with Gasteiger partial charge in [0.15, 0.2) is 11.6 Å². The maximum absolute atomic E-state index is 13.6. The predicted octanol–water partition coefficient (Wildman–Crippen LogP) is 2.73. The number of aryl methyl sites for hydroxylation is 1. The Morgan fingerprint density at radius 3 is 2.89 bits per heavy atom. The van der Waals surface area contributed by atoms with E-state index in [1.807, 2.05) is 0 Å². The molecule has 0 heterocycles. The molecular weight excluding hydrogens is 235 g/mol. The van der Waals surface area contributed by atoms with Crippen LogP contribution in [0.25, 0.3) is 5.57 Å². The quantitative estimate of drug-likeness (QED) is 0.611. The Balaban J connectivity index is 2.33. The van der Waals surface area contributed by atoms with Gasteiger partial charge in [-0.25, -0.2) is 9.18 Å². The van der Waals surface area contributed by atoms with Gasteiger partial charge in [0, 0.05) is 6.08 Å². The van der Waals surface area contributed by atoms with E-state index in [2.05, 4.69) is 0 Å². The van der Waals surface area contributed by atoms with Crippen LogP contribution in [0.1, 0.15) is 24.5 Å². The van der Waals surface area contributed by atoms with Crippen LogP contribution in [0.2, 0.25) is 0 Å². The van der Waals surface area contributed by atoms with Crippen molar-refractivity contribution >= 4 is 11.5 Å². The fourth-order valence-electron chi connectivity index (χ4n) is 2.14. The van der Waals surface area contributed by atoms with E-state index in [0.717, 1.165) is 29.5 Å². The van der Waals surface area contributed by atoms with E-state index in [9.17, 15) is 9.18 Å². The number of rotatable bonds is 3. The molecule has 0 bridgehead atoms. The average Bonchev–Trinajstić information content (AvgIpc) is 2.71. The number of carbonyl (C=O) groups excluding carboxylic acids is 1. The molecule has 0 unspecified atom stereocenters. The van der Waals surface area contributed by atoms with Crippen molar-refractivity contribution in [2.24, 2.45) is 0 Å². The summed E-state index contributed by atoms with van der Waals surface area (Å²) in [5, 5.41) is 0. The molecule has 0 spiro atoms. The van der Waals surface area contributed by atoms with Crippen LogP contribution in [0.4, 0.5) is 4.39 Å². The summed E-state index contributed by atoms with van der Waals surface area (Å²) in [4.78, 5) is 11.4. The van der Waals surface area contributed by atoms with Crippen LogP contribution in [-0.4, -0.2) is 19.7 Å². The number of carbonyl (C=O) groups is 1. The largest absolute Gasteiger partial charge is 0.494 e. The summed E-state index contributed by atoms with van der Waals surface area (Å²) >= 11 is 0. The summed E-state index contributed by atoms with van der Waals surface area (Å²) in [7, 11) is 1.44. The van der Waals surface area contributed by atoms with Gasteiger partial charge >= 0.3 is 5.97 Å². The maximum atomic E-state index is 13.6. The zero-order valence-electron chi connectivity index (χ0n) is 10.5. The lowest BCUT2D eigenvalue weighted by Crippen LogP contribution is -2.00. The highest BCUT2D eigenvalue weighted by Gasteiger charge is 2.20. The molecule has 4 heteroatoms. The first-order chi connectivity index (χ1) is 8.65. The molecule has 1 aliphatic rings. The van der Waals surface area contributed by atoms with E-state index < -0.39 is 5.82 Å². The first kappa shape index (κ1) is 12.6. The number of ether oxygens (including phenoxy) is 2. The molecule has 0 amide bonds. The van der Waals surface area contributed by atoms with Crippen LogP contribution in [0, 0.1) is 5.82 Å². The Morgan fingerprint density at radius 2 is 2.22 bits per heavy atom. The second-order valence-electron chi connectivity index (χ2n) is 4.07. The lowest BCUT2D eigenvalue weighted by atomic mass is 10.1. The van der Waals surface area contributed by atoms with Gasteiger partial charge in [-0.05, 0) is 48.6 Å². The van der Waals surface area contributed by atoms with Crippen molar-refractivity contribution in [3.8, 4) is 5.75 Å². The van der Waals surface area contributed by atoms with Crippen LogP contribution < -0.4 is 4.74 Å². The van der Waals surface area contributed by atoms with Gasteiger partial charge < -0.3 is 9.47 Å². The van der Waals surface area contributed by atoms with Crippen molar-refractivity contribution in [3.63, 3.8) is 0 Å². The van der Waals surface area contributed by atoms with E-state index in [4.69, 9.17) is 9.47 Å². The van der Waals surface area contributed by atoms with E-state index in [0.29, 0.717) is 6.61 Å². The topological polar surface area (TPSA) is 35.5 Å². The minimum atomic E-state index is -0.409. The molecular formula is C14H15FO3. The van der Waals surface area contributed by atoms with Crippen molar-refractivity contribution in [2.45, 2.75) is 19.8 Å². The first-order valence-electron chi connectivity index (χ1n) is 5.89. The smallest absolute Gasteiger partial charge is 0.331 e. The van der Waals surface area contributed by atoms with Gasteiger partial charge in [0.05, 0.1) is 13.7 Å². The normalized spacial score (nSPS) is 15.6. The van der Waals surface area contributed by atoms with E-state index >= 15 is 0 Å². The van der Waals surface area contributed by atoms with Gasteiger partial charge in [-0.2, -0.15) is 0 Å². The van der Waals surface area contributed by atoms with E-state index in [-0.39, 0.29) is 11.7 Å². The minimum Gasteiger partial charge on any atom is -0.494 e. The highest BCUT2D eigenvalue weighted by molar-refractivity contribution is 5.93. The number of hydrogen-bond acceptors (Lipinski definition) is 3. The second kappa shape index (κ2) is 5.21. The number of benzene rings is 1. The molecule has 0 fully saturated rings. The van der Waals surface area contributed by atoms with Crippen LogP contribution in [0.15, 0.2) is 18.2 Å². The molecule has 96 valence electrons. The number of hydrogen-bond donors (Lipinski definition) is 0. The minimum absolute atomic E-state index is 0.242. The van der Waals surface area contributed by atoms with Gasteiger partial charge in [-0.1, -0.05) is 0 Å². The molecule has 0 radical (unpaired) electrons. The highest BCUT2D eigenvalue weighted by Crippen LogP contribution is 2.35. The zero-order chi connectivity index (χ0) is 13.1. The zero-order valence-corrected chi connectivity index (χ0v) is 10.5. The summed E-state index contributed by atoms with van der Waals surface area (Å²) in [5.41, 5.74) is 2.61. The molecule has 1 aromatic carbocycles. The first-order valence-corrected chi connectivity index (χ1v) is 5.89. The SMILES string of the molecule is CCOC(=O)/C=C1/CCc2cc(OC)c(F)cc21. The van der Waals surface area contributed by atoms with Crippen molar-refractivity contribution in [3.05, 3.63) is 35.2 Å². The Hall–Kier alpha value is -1.84. The van der Waals surface area contributed by atoms with Crippen molar-refractivity contribution in [1.82, 2.24) is 0 Å². The van der Waals surface area contributed by atoms with Gasteiger partial charge in [-0.15, -0.1) is 0 Å². The summed E-state index contributed by atoms with van der Waals surface area (Å²) in [6.07, 6.45) is 2.96. The lowest BCUT2D eigenvalue weighted by Gasteiger charge is -2.06. The number of esters is 1. The third kappa shape index (κ3) is 2.37. The van der Waals surface area contributed by atoms with Crippen LogP contribution >= 0.6 is 0 Å². The van der Waals surface area contributed by atoms with Crippen molar-refractivity contribution in [1.29, 1.82) is 0 Å².